The maximum Gasteiger partial charge on any atom is 0.255 e. The summed E-state index contributed by atoms with van der Waals surface area (Å²) in [6, 6.07) is 14.2. The van der Waals surface area contributed by atoms with Gasteiger partial charge in [0.1, 0.15) is 0 Å². The first-order valence-electron chi connectivity index (χ1n) is 7.92. The molecule has 0 aromatic heterocycles. The van der Waals surface area contributed by atoms with E-state index in [1.54, 1.807) is 0 Å². The van der Waals surface area contributed by atoms with Gasteiger partial charge in [0.15, 0.2) is 0 Å². The molecule has 2 aromatic rings. The van der Waals surface area contributed by atoms with Gasteiger partial charge in [-0.25, -0.2) is 0 Å². The molecule has 0 unspecified atom stereocenters. The van der Waals surface area contributed by atoms with E-state index in [4.69, 9.17) is 0 Å². The van der Waals surface area contributed by atoms with Gasteiger partial charge in [0.2, 0.25) is 0 Å². The summed E-state index contributed by atoms with van der Waals surface area (Å²) in [7, 11) is 0. The zero-order valence-electron chi connectivity index (χ0n) is 13.5. The molecular formula is C19H21NOS2. The Hall–Kier alpha value is -1.39. The van der Waals surface area contributed by atoms with Crippen LogP contribution in [0.4, 0.5) is 5.69 Å². The van der Waals surface area contributed by atoms with Gasteiger partial charge in [-0.2, -0.15) is 0 Å². The van der Waals surface area contributed by atoms with Crippen LogP contribution in [0.5, 0.6) is 0 Å². The summed E-state index contributed by atoms with van der Waals surface area (Å²) in [5.41, 5.74) is 5.25. The molecule has 0 spiro atoms. The standard InChI is InChI=1S/C19H21NOS2/c1-3-14-6-4-5-13(2)17(14)20-18(21)15-7-9-16(10-8-15)19-22-11-12-23-19/h4-10,19H,3,11-12H2,1-2H3,(H,20,21). The minimum Gasteiger partial charge on any atom is -0.321 e. The summed E-state index contributed by atoms with van der Waals surface area (Å²) in [6.07, 6.45) is 0.909. The van der Waals surface area contributed by atoms with Gasteiger partial charge in [-0.05, 0) is 42.2 Å². The number of hydrogen-bond acceptors (Lipinski definition) is 3. The molecule has 23 heavy (non-hydrogen) atoms. The molecule has 2 nitrogen and oxygen atoms in total. The Balaban J connectivity index is 1.76. The molecule has 1 saturated heterocycles. The average molecular weight is 344 g/mol. The molecule has 4 heteroatoms. The second kappa shape index (κ2) is 7.45. The predicted molar refractivity (Wildman–Crippen MR) is 103 cm³/mol. The van der Waals surface area contributed by atoms with Crippen LogP contribution in [0.1, 0.15) is 38.6 Å². The highest BCUT2D eigenvalue weighted by Crippen LogP contribution is 2.45. The van der Waals surface area contributed by atoms with Crippen molar-refractivity contribution >= 4 is 35.1 Å². The number of hydrogen-bond donors (Lipinski definition) is 1. The second-order valence-corrected chi connectivity index (χ2v) is 8.34. The summed E-state index contributed by atoms with van der Waals surface area (Å²) in [6.45, 7) is 4.14. The number of thioether (sulfide) groups is 2. The van der Waals surface area contributed by atoms with Crippen molar-refractivity contribution in [3.05, 3.63) is 64.7 Å². The highest BCUT2D eigenvalue weighted by molar-refractivity contribution is 8.19. The van der Waals surface area contributed by atoms with Crippen LogP contribution in [0.15, 0.2) is 42.5 Å². The summed E-state index contributed by atoms with van der Waals surface area (Å²) < 4.78 is 0.523. The van der Waals surface area contributed by atoms with Crippen molar-refractivity contribution < 1.29 is 4.79 Å². The average Bonchev–Trinajstić information content (AvgIpc) is 3.11. The molecule has 1 aliphatic heterocycles. The monoisotopic (exact) mass is 343 g/mol. The van der Waals surface area contributed by atoms with Crippen molar-refractivity contribution in [3.63, 3.8) is 0 Å². The number of benzene rings is 2. The van der Waals surface area contributed by atoms with Gasteiger partial charge >= 0.3 is 0 Å². The first-order valence-corrected chi connectivity index (χ1v) is 10.0. The fourth-order valence-corrected chi connectivity index (χ4v) is 5.59. The van der Waals surface area contributed by atoms with E-state index in [9.17, 15) is 4.79 Å². The lowest BCUT2D eigenvalue weighted by Gasteiger charge is -2.13. The third-order valence-corrected chi connectivity index (χ3v) is 7.15. The second-order valence-electron chi connectivity index (χ2n) is 5.61. The third-order valence-electron chi connectivity index (χ3n) is 4.05. The maximum atomic E-state index is 12.5. The van der Waals surface area contributed by atoms with E-state index in [0.717, 1.165) is 17.7 Å². The van der Waals surface area contributed by atoms with E-state index in [1.165, 1.54) is 22.6 Å². The minimum atomic E-state index is -0.0349. The fraction of sp³-hybridized carbons (Fsp3) is 0.316. The van der Waals surface area contributed by atoms with Gasteiger partial charge in [0.05, 0.1) is 4.58 Å². The molecule has 1 amide bonds. The molecule has 0 saturated carbocycles. The van der Waals surface area contributed by atoms with E-state index in [2.05, 4.69) is 30.4 Å². The van der Waals surface area contributed by atoms with Crippen molar-refractivity contribution in [1.82, 2.24) is 0 Å². The topological polar surface area (TPSA) is 29.1 Å². The number of carbonyl (C=O) groups excluding carboxylic acids is 1. The maximum absolute atomic E-state index is 12.5. The molecule has 0 aliphatic carbocycles. The van der Waals surface area contributed by atoms with Gasteiger partial charge in [-0.3, -0.25) is 4.79 Å². The van der Waals surface area contributed by atoms with Gasteiger partial charge in [0.25, 0.3) is 5.91 Å². The van der Waals surface area contributed by atoms with Crippen LogP contribution in [0.3, 0.4) is 0 Å². The van der Waals surface area contributed by atoms with Crippen LogP contribution in [-0.2, 0) is 6.42 Å². The molecule has 2 aromatic carbocycles. The van der Waals surface area contributed by atoms with Crippen LogP contribution in [0.25, 0.3) is 0 Å². The largest absolute Gasteiger partial charge is 0.321 e. The molecule has 120 valence electrons. The summed E-state index contributed by atoms with van der Waals surface area (Å²) in [5, 5.41) is 3.09. The number of amides is 1. The fourth-order valence-electron chi connectivity index (χ4n) is 2.73. The number of para-hydroxylation sites is 1. The highest BCUT2D eigenvalue weighted by Gasteiger charge is 2.18. The number of anilines is 1. The lowest BCUT2D eigenvalue weighted by molar-refractivity contribution is 0.102. The normalized spacial score (nSPS) is 14.9. The lowest BCUT2D eigenvalue weighted by atomic mass is 10.1. The third kappa shape index (κ3) is 3.75. The Labute approximate surface area is 146 Å². The Morgan fingerprint density at radius 2 is 1.83 bits per heavy atom. The van der Waals surface area contributed by atoms with Crippen molar-refractivity contribution in [3.8, 4) is 0 Å². The molecule has 1 heterocycles. The van der Waals surface area contributed by atoms with Crippen LogP contribution >= 0.6 is 23.5 Å². The number of rotatable bonds is 4. The SMILES string of the molecule is CCc1cccc(C)c1NC(=O)c1ccc(C2SCCS2)cc1. The smallest absolute Gasteiger partial charge is 0.255 e. The van der Waals surface area contributed by atoms with E-state index in [-0.39, 0.29) is 5.91 Å². The predicted octanol–water partition coefficient (Wildman–Crippen LogP) is 5.29. The molecule has 1 N–H and O–H groups in total. The first kappa shape index (κ1) is 16.5. The van der Waals surface area contributed by atoms with Crippen molar-refractivity contribution in [2.45, 2.75) is 24.9 Å². The Kier molecular flexibility index (Phi) is 5.34. The van der Waals surface area contributed by atoms with E-state index >= 15 is 0 Å². The summed E-state index contributed by atoms with van der Waals surface area (Å²) in [4.78, 5) is 12.5. The lowest BCUT2D eigenvalue weighted by Crippen LogP contribution is -2.14. The van der Waals surface area contributed by atoms with Gasteiger partial charge in [-0.15, -0.1) is 23.5 Å². The zero-order valence-corrected chi connectivity index (χ0v) is 15.1. The quantitative estimate of drug-likeness (QED) is 0.818. The Bertz CT molecular complexity index is 691. The van der Waals surface area contributed by atoms with Crippen molar-refractivity contribution in [2.75, 3.05) is 16.8 Å². The van der Waals surface area contributed by atoms with E-state index < -0.39 is 0 Å². The molecule has 0 bridgehead atoms. The number of carbonyl (C=O) groups is 1. The summed E-state index contributed by atoms with van der Waals surface area (Å²) >= 11 is 3.96. The van der Waals surface area contributed by atoms with Gasteiger partial charge < -0.3 is 5.32 Å². The van der Waals surface area contributed by atoms with Crippen LogP contribution in [0, 0.1) is 6.92 Å². The molecular weight excluding hydrogens is 322 g/mol. The van der Waals surface area contributed by atoms with Crippen LogP contribution in [0.2, 0.25) is 0 Å². The highest BCUT2D eigenvalue weighted by atomic mass is 32.2. The number of aryl methyl sites for hydroxylation is 2. The molecule has 1 aliphatic rings. The van der Waals surface area contributed by atoms with E-state index in [0.29, 0.717) is 10.1 Å². The zero-order chi connectivity index (χ0) is 16.2. The van der Waals surface area contributed by atoms with Crippen molar-refractivity contribution in [2.24, 2.45) is 0 Å². The van der Waals surface area contributed by atoms with Crippen LogP contribution < -0.4 is 5.32 Å². The van der Waals surface area contributed by atoms with Crippen molar-refractivity contribution in [1.29, 1.82) is 0 Å². The first-order chi connectivity index (χ1) is 11.2. The van der Waals surface area contributed by atoms with Crippen LogP contribution in [-0.4, -0.2) is 17.4 Å². The molecule has 0 radical (unpaired) electrons. The molecule has 0 atom stereocenters. The van der Waals surface area contributed by atoms with Gasteiger partial charge in [-0.1, -0.05) is 37.3 Å². The molecule has 3 rings (SSSR count). The summed E-state index contributed by atoms with van der Waals surface area (Å²) in [5.74, 6) is 2.39. The number of nitrogens with one attached hydrogen (secondary N) is 1. The van der Waals surface area contributed by atoms with E-state index in [1.807, 2.05) is 54.7 Å². The minimum absolute atomic E-state index is 0.0349. The van der Waals surface area contributed by atoms with Gasteiger partial charge in [0, 0.05) is 22.8 Å². The Morgan fingerprint density at radius 3 is 2.48 bits per heavy atom. The molecule has 1 fully saturated rings. The Morgan fingerprint density at radius 1 is 1.13 bits per heavy atom.